The second-order valence-electron chi connectivity index (χ2n) is 5.75. The predicted octanol–water partition coefficient (Wildman–Crippen LogP) is 5.22. The van der Waals surface area contributed by atoms with E-state index < -0.39 is 0 Å². The summed E-state index contributed by atoms with van der Waals surface area (Å²) >= 11 is 0. The van der Waals surface area contributed by atoms with Crippen molar-refractivity contribution in [1.29, 1.82) is 0 Å². The molecule has 0 saturated carbocycles. The largest absolute Gasteiger partial charge is 0.494 e. The molecule has 0 atom stereocenters. The molecule has 0 bridgehead atoms. The first-order chi connectivity index (χ1) is 10.8. The second kappa shape index (κ2) is 9.14. The van der Waals surface area contributed by atoms with Crippen molar-refractivity contribution in [3.63, 3.8) is 0 Å². The van der Waals surface area contributed by atoms with Crippen molar-refractivity contribution >= 4 is 5.69 Å². The van der Waals surface area contributed by atoms with Crippen molar-refractivity contribution in [3.8, 4) is 5.75 Å². The number of benzene rings is 2. The van der Waals surface area contributed by atoms with Crippen LogP contribution < -0.4 is 10.1 Å². The summed E-state index contributed by atoms with van der Waals surface area (Å²) in [5.74, 6) is 0.959. The number of hydrogen-bond acceptors (Lipinski definition) is 2. The Morgan fingerprint density at radius 3 is 2.55 bits per heavy atom. The minimum Gasteiger partial charge on any atom is -0.494 e. The van der Waals surface area contributed by atoms with E-state index in [1.807, 2.05) is 12.1 Å². The molecular formula is C20H27NO. The lowest BCUT2D eigenvalue weighted by atomic mass is 10.1. The number of ether oxygens (including phenoxy) is 1. The van der Waals surface area contributed by atoms with Crippen LogP contribution >= 0.6 is 0 Å². The maximum Gasteiger partial charge on any atom is 0.119 e. The molecule has 2 rings (SSSR count). The lowest BCUT2D eigenvalue weighted by Gasteiger charge is -2.09. The average Bonchev–Trinajstić information content (AvgIpc) is 2.54. The molecule has 0 heterocycles. The van der Waals surface area contributed by atoms with Gasteiger partial charge < -0.3 is 10.1 Å². The highest BCUT2D eigenvalue weighted by Gasteiger charge is 1.96. The van der Waals surface area contributed by atoms with E-state index in [9.17, 15) is 0 Å². The third-order valence-electron chi connectivity index (χ3n) is 3.68. The van der Waals surface area contributed by atoms with Crippen LogP contribution in [-0.2, 0) is 6.42 Å². The van der Waals surface area contributed by atoms with Crippen molar-refractivity contribution in [1.82, 2.24) is 0 Å². The zero-order valence-corrected chi connectivity index (χ0v) is 13.8. The molecule has 0 aliphatic heterocycles. The normalized spacial score (nSPS) is 10.5. The zero-order valence-electron chi connectivity index (χ0n) is 13.8. The number of anilines is 1. The molecule has 2 aromatic carbocycles. The Bertz CT molecular complexity index is 548. The molecule has 0 aliphatic carbocycles. The van der Waals surface area contributed by atoms with E-state index in [4.69, 9.17) is 4.74 Å². The standard InChI is InChI=1S/C20H27NO/c1-3-4-8-18-10-12-19(13-11-18)21-14-6-15-22-20-9-5-7-17(2)16-20/h5,7,9-13,16,21H,3-4,6,8,14-15H2,1-2H3. The lowest BCUT2D eigenvalue weighted by molar-refractivity contribution is 0.315. The van der Waals surface area contributed by atoms with Crippen LogP contribution in [0, 0.1) is 6.92 Å². The van der Waals surface area contributed by atoms with Crippen molar-refractivity contribution in [2.75, 3.05) is 18.5 Å². The van der Waals surface area contributed by atoms with Crippen LogP contribution in [0.25, 0.3) is 0 Å². The van der Waals surface area contributed by atoms with E-state index >= 15 is 0 Å². The Morgan fingerprint density at radius 1 is 1.00 bits per heavy atom. The van der Waals surface area contributed by atoms with Crippen molar-refractivity contribution < 1.29 is 4.74 Å². The van der Waals surface area contributed by atoms with E-state index in [0.29, 0.717) is 0 Å². The fourth-order valence-electron chi connectivity index (χ4n) is 2.37. The second-order valence-corrected chi connectivity index (χ2v) is 5.75. The highest BCUT2D eigenvalue weighted by Crippen LogP contribution is 2.13. The molecule has 0 spiro atoms. The summed E-state index contributed by atoms with van der Waals surface area (Å²) in [6, 6.07) is 17.0. The fraction of sp³-hybridized carbons (Fsp3) is 0.400. The minimum absolute atomic E-state index is 0.741. The number of hydrogen-bond donors (Lipinski definition) is 1. The summed E-state index contributed by atoms with van der Waals surface area (Å²) in [5, 5.41) is 3.45. The molecule has 0 radical (unpaired) electrons. The van der Waals surface area contributed by atoms with Crippen LogP contribution in [0.3, 0.4) is 0 Å². The number of rotatable bonds is 9. The molecule has 0 aliphatic rings. The fourth-order valence-corrected chi connectivity index (χ4v) is 2.37. The van der Waals surface area contributed by atoms with E-state index in [1.54, 1.807) is 0 Å². The minimum atomic E-state index is 0.741. The summed E-state index contributed by atoms with van der Waals surface area (Å²) in [6.45, 7) is 5.98. The van der Waals surface area contributed by atoms with Crippen LogP contribution in [-0.4, -0.2) is 13.2 Å². The van der Waals surface area contributed by atoms with Gasteiger partial charge in [-0.1, -0.05) is 37.6 Å². The Labute approximate surface area is 134 Å². The average molecular weight is 297 g/mol. The number of nitrogens with one attached hydrogen (secondary N) is 1. The summed E-state index contributed by atoms with van der Waals surface area (Å²) in [6.07, 6.45) is 4.69. The highest BCUT2D eigenvalue weighted by molar-refractivity contribution is 5.44. The molecule has 2 heteroatoms. The van der Waals surface area contributed by atoms with Crippen LogP contribution in [0.4, 0.5) is 5.69 Å². The van der Waals surface area contributed by atoms with Gasteiger partial charge in [0.15, 0.2) is 0 Å². The van der Waals surface area contributed by atoms with E-state index in [-0.39, 0.29) is 0 Å². The molecule has 0 fully saturated rings. The first-order valence-corrected chi connectivity index (χ1v) is 8.30. The van der Waals surface area contributed by atoms with Gasteiger partial charge in [-0.25, -0.2) is 0 Å². The van der Waals surface area contributed by atoms with Crippen LogP contribution in [0.15, 0.2) is 48.5 Å². The van der Waals surface area contributed by atoms with Crippen molar-refractivity contribution in [3.05, 3.63) is 59.7 Å². The van der Waals surface area contributed by atoms with Gasteiger partial charge in [0.2, 0.25) is 0 Å². The molecular weight excluding hydrogens is 270 g/mol. The Balaban J connectivity index is 1.64. The maximum absolute atomic E-state index is 5.75. The molecule has 0 saturated heterocycles. The third-order valence-corrected chi connectivity index (χ3v) is 3.68. The zero-order chi connectivity index (χ0) is 15.6. The quantitative estimate of drug-likeness (QED) is 0.641. The molecule has 2 aromatic rings. The van der Waals surface area contributed by atoms with Gasteiger partial charge in [0.05, 0.1) is 6.61 Å². The Kier molecular flexibility index (Phi) is 6.82. The molecule has 22 heavy (non-hydrogen) atoms. The number of unbranched alkanes of at least 4 members (excludes halogenated alkanes) is 1. The Hall–Kier alpha value is -1.96. The highest BCUT2D eigenvalue weighted by atomic mass is 16.5. The molecule has 0 unspecified atom stereocenters. The van der Waals surface area contributed by atoms with Gasteiger partial charge in [-0.2, -0.15) is 0 Å². The molecule has 2 nitrogen and oxygen atoms in total. The van der Waals surface area contributed by atoms with Gasteiger partial charge in [0.25, 0.3) is 0 Å². The first-order valence-electron chi connectivity index (χ1n) is 8.30. The Morgan fingerprint density at radius 2 is 1.82 bits per heavy atom. The van der Waals surface area contributed by atoms with E-state index in [2.05, 4.69) is 55.6 Å². The predicted molar refractivity (Wildman–Crippen MR) is 94.8 cm³/mol. The van der Waals surface area contributed by atoms with Crippen LogP contribution in [0.5, 0.6) is 5.75 Å². The van der Waals surface area contributed by atoms with Crippen LogP contribution in [0.2, 0.25) is 0 Å². The van der Waals surface area contributed by atoms with Gasteiger partial charge >= 0.3 is 0 Å². The monoisotopic (exact) mass is 297 g/mol. The van der Waals surface area contributed by atoms with E-state index in [1.165, 1.54) is 36.1 Å². The topological polar surface area (TPSA) is 21.3 Å². The van der Waals surface area contributed by atoms with Crippen molar-refractivity contribution in [2.24, 2.45) is 0 Å². The van der Waals surface area contributed by atoms with Gasteiger partial charge in [-0.15, -0.1) is 0 Å². The SMILES string of the molecule is CCCCc1ccc(NCCCOc2cccc(C)c2)cc1. The van der Waals surface area contributed by atoms with Gasteiger partial charge in [0.1, 0.15) is 5.75 Å². The smallest absolute Gasteiger partial charge is 0.119 e. The molecule has 0 amide bonds. The molecule has 118 valence electrons. The molecule has 1 N–H and O–H groups in total. The summed E-state index contributed by atoms with van der Waals surface area (Å²) < 4.78 is 5.75. The van der Waals surface area contributed by atoms with Gasteiger partial charge in [-0.3, -0.25) is 0 Å². The summed E-state index contributed by atoms with van der Waals surface area (Å²) in [4.78, 5) is 0. The maximum atomic E-state index is 5.75. The van der Waals surface area contributed by atoms with E-state index in [0.717, 1.165) is 25.3 Å². The third kappa shape index (κ3) is 5.80. The molecule has 0 aromatic heterocycles. The van der Waals surface area contributed by atoms with Gasteiger partial charge in [0, 0.05) is 12.2 Å². The van der Waals surface area contributed by atoms with Crippen LogP contribution in [0.1, 0.15) is 37.3 Å². The number of aryl methyl sites for hydroxylation is 2. The van der Waals surface area contributed by atoms with Gasteiger partial charge in [-0.05, 0) is 61.6 Å². The van der Waals surface area contributed by atoms with Crippen molar-refractivity contribution in [2.45, 2.75) is 39.5 Å². The summed E-state index contributed by atoms with van der Waals surface area (Å²) in [5.41, 5.74) is 3.85. The first kappa shape index (κ1) is 16.4. The summed E-state index contributed by atoms with van der Waals surface area (Å²) in [7, 11) is 0. The lowest BCUT2D eigenvalue weighted by Crippen LogP contribution is -2.07.